The third-order valence-electron chi connectivity index (χ3n) is 3.34. The third-order valence-corrected chi connectivity index (χ3v) is 3.34. The van der Waals surface area contributed by atoms with E-state index in [9.17, 15) is 0 Å². The van der Waals surface area contributed by atoms with Gasteiger partial charge in [0, 0.05) is 18.1 Å². The number of rotatable bonds is 5. The fourth-order valence-corrected chi connectivity index (χ4v) is 1.48. The van der Waals surface area contributed by atoms with Crippen LogP contribution in [0.3, 0.4) is 0 Å². The lowest BCUT2D eigenvalue weighted by Gasteiger charge is -2.36. The SMILES string of the molecule is CCC(N)C(C)N(C)C(C)C(C)C. The Balaban J connectivity index is 4.15. The van der Waals surface area contributed by atoms with Crippen molar-refractivity contribution >= 4 is 0 Å². The Morgan fingerprint density at radius 3 is 1.85 bits per heavy atom. The molecule has 80 valence electrons. The van der Waals surface area contributed by atoms with E-state index in [1.165, 1.54) is 0 Å². The monoisotopic (exact) mass is 186 g/mol. The molecule has 0 aromatic heterocycles. The second-order valence-electron chi connectivity index (χ2n) is 4.46. The van der Waals surface area contributed by atoms with Gasteiger partial charge in [0.25, 0.3) is 0 Å². The zero-order valence-electron chi connectivity index (χ0n) is 10.0. The van der Waals surface area contributed by atoms with Crippen molar-refractivity contribution in [2.75, 3.05) is 7.05 Å². The van der Waals surface area contributed by atoms with Gasteiger partial charge in [0.05, 0.1) is 0 Å². The van der Waals surface area contributed by atoms with E-state index in [1.54, 1.807) is 0 Å². The van der Waals surface area contributed by atoms with Crippen molar-refractivity contribution in [3.8, 4) is 0 Å². The fraction of sp³-hybridized carbons (Fsp3) is 1.00. The van der Waals surface area contributed by atoms with Crippen LogP contribution < -0.4 is 5.73 Å². The molecule has 0 bridgehead atoms. The Morgan fingerprint density at radius 2 is 1.54 bits per heavy atom. The highest BCUT2D eigenvalue weighted by Gasteiger charge is 2.21. The molecule has 0 aliphatic heterocycles. The molecule has 3 atom stereocenters. The minimum absolute atomic E-state index is 0.297. The number of nitrogens with two attached hydrogens (primary N) is 1. The molecule has 0 fully saturated rings. The Morgan fingerprint density at radius 1 is 1.08 bits per heavy atom. The van der Waals surface area contributed by atoms with Gasteiger partial charge in [-0.2, -0.15) is 0 Å². The van der Waals surface area contributed by atoms with Crippen molar-refractivity contribution in [2.24, 2.45) is 11.7 Å². The molecule has 0 radical (unpaired) electrons. The highest BCUT2D eigenvalue weighted by atomic mass is 15.2. The molecule has 0 heterocycles. The minimum atomic E-state index is 0.297. The molecule has 0 aliphatic rings. The van der Waals surface area contributed by atoms with Crippen LogP contribution in [0, 0.1) is 5.92 Å². The van der Waals surface area contributed by atoms with E-state index in [-0.39, 0.29) is 0 Å². The Labute approximate surface area is 83.5 Å². The summed E-state index contributed by atoms with van der Waals surface area (Å²) in [5.41, 5.74) is 6.01. The summed E-state index contributed by atoms with van der Waals surface area (Å²) >= 11 is 0. The lowest BCUT2D eigenvalue weighted by Crippen LogP contribution is -2.48. The van der Waals surface area contributed by atoms with Crippen molar-refractivity contribution in [3.63, 3.8) is 0 Å². The van der Waals surface area contributed by atoms with Crippen molar-refractivity contribution in [1.82, 2.24) is 4.90 Å². The summed E-state index contributed by atoms with van der Waals surface area (Å²) in [6.07, 6.45) is 1.05. The van der Waals surface area contributed by atoms with Gasteiger partial charge >= 0.3 is 0 Å². The molecule has 0 rings (SSSR count). The molecule has 2 N–H and O–H groups in total. The number of hydrogen-bond donors (Lipinski definition) is 1. The molecule has 3 unspecified atom stereocenters. The molecule has 0 aliphatic carbocycles. The van der Waals surface area contributed by atoms with E-state index in [0.717, 1.165) is 6.42 Å². The number of hydrogen-bond acceptors (Lipinski definition) is 2. The maximum atomic E-state index is 6.01. The molecule has 2 nitrogen and oxygen atoms in total. The third kappa shape index (κ3) is 3.65. The summed E-state index contributed by atoms with van der Waals surface area (Å²) in [6.45, 7) is 11.1. The summed E-state index contributed by atoms with van der Waals surface area (Å²) in [7, 11) is 2.17. The van der Waals surface area contributed by atoms with E-state index in [2.05, 4.69) is 46.6 Å². The highest BCUT2D eigenvalue weighted by molar-refractivity contribution is 4.79. The second kappa shape index (κ2) is 5.61. The van der Waals surface area contributed by atoms with E-state index in [4.69, 9.17) is 5.73 Å². The van der Waals surface area contributed by atoms with Crippen LogP contribution in [0.4, 0.5) is 0 Å². The van der Waals surface area contributed by atoms with Gasteiger partial charge in [-0.15, -0.1) is 0 Å². The first kappa shape index (κ1) is 12.9. The zero-order valence-corrected chi connectivity index (χ0v) is 10.0. The standard InChI is InChI=1S/C11H26N2/c1-7-11(12)10(5)13(6)9(4)8(2)3/h8-11H,7,12H2,1-6H3. The quantitative estimate of drug-likeness (QED) is 0.712. The normalized spacial score (nSPS) is 19.2. The van der Waals surface area contributed by atoms with E-state index < -0.39 is 0 Å². The topological polar surface area (TPSA) is 29.3 Å². The van der Waals surface area contributed by atoms with Crippen molar-refractivity contribution in [3.05, 3.63) is 0 Å². The Bertz CT molecular complexity index is 134. The largest absolute Gasteiger partial charge is 0.326 e. The smallest absolute Gasteiger partial charge is 0.0218 e. The van der Waals surface area contributed by atoms with Gasteiger partial charge in [0.15, 0.2) is 0 Å². The lowest BCUT2D eigenvalue weighted by molar-refractivity contribution is 0.138. The molecular formula is C11H26N2. The average molecular weight is 186 g/mol. The van der Waals surface area contributed by atoms with Crippen LogP contribution >= 0.6 is 0 Å². The zero-order chi connectivity index (χ0) is 10.6. The maximum Gasteiger partial charge on any atom is 0.0218 e. The molecule has 0 aromatic carbocycles. The molecular weight excluding hydrogens is 160 g/mol. The Hall–Kier alpha value is -0.0800. The summed E-state index contributed by atoms with van der Waals surface area (Å²) in [5.74, 6) is 0.691. The van der Waals surface area contributed by atoms with Gasteiger partial charge in [-0.25, -0.2) is 0 Å². The molecule has 0 spiro atoms. The number of likely N-dealkylation sites (N-methyl/N-ethyl adjacent to an activating group) is 1. The molecule has 0 amide bonds. The molecule has 2 heteroatoms. The van der Waals surface area contributed by atoms with Crippen LogP contribution in [0.1, 0.15) is 41.0 Å². The fourth-order valence-electron chi connectivity index (χ4n) is 1.48. The number of nitrogens with zero attached hydrogens (tertiary/aromatic N) is 1. The van der Waals surface area contributed by atoms with Crippen LogP contribution in [0.25, 0.3) is 0 Å². The molecule has 0 saturated heterocycles. The van der Waals surface area contributed by atoms with Crippen molar-refractivity contribution < 1.29 is 0 Å². The van der Waals surface area contributed by atoms with Gasteiger partial charge in [0.1, 0.15) is 0 Å². The van der Waals surface area contributed by atoms with Crippen molar-refractivity contribution in [1.29, 1.82) is 0 Å². The minimum Gasteiger partial charge on any atom is -0.326 e. The van der Waals surface area contributed by atoms with E-state index in [0.29, 0.717) is 24.0 Å². The Kier molecular flexibility index (Phi) is 5.57. The summed E-state index contributed by atoms with van der Waals surface area (Å²) in [6, 6.07) is 1.38. The van der Waals surface area contributed by atoms with E-state index >= 15 is 0 Å². The van der Waals surface area contributed by atoms with Gasteiger partial charge in [-0.1, -0.05) is 20.8 Å². The van der Waals surface area contributed by atoms with E-state index in [1.807, 2.05) is 0 Å². The highest BCUT2D eigenvalue weighted by Crippen LogP contribution is 2.13. The first-order valence-electron chi connectivity index (χ1n) is 5.39. The van der Waals surface area contributed by atoms with Crippen LogP contribution in [0.5, 0.6) is 0 Å². The predicted octanol–water partition coefficient (Wildman–Crippen LogP) is 2.09. The molecule has 0 aromatic rings. The lowest BCUT2D eigenvalue weighted by atomic mass is 10.00. The predicted molar refractivity (Wildman–Crippen MR) is 59.8 cm³/mol. The average Bonchev–Trinajstić information content (AvgIpc) is 2.12. The summed E-state index contributed by atoms with van der Waals surface area (Å²) < 4.78 is 0. The van der Waals surface area contributed by atoms with Crippen LogP contribution in [-0.4, -0.2) is 30.1 Å². The molecule has 13 heavy (non-hydrogen) atoms. The van der Waals surface area contributed by atoms with Crippen LogP contribution in [0.2, 0.25) is 0 Å². The van der Waals surface area contributed by atoms with Gasteiger partial charge in [0.2, 0.25) is 0 Å². The summed E-state index contributed by atoms with van der Waals surface area (Å²) in [4.78, 5) is 2.39. The summed E-state index contributed by atoms with van der Waals surface area (Å²) in [5, 5.41) is 0. The van der Waals surface area contributed by atoms with Crippen molar-refractivity contribution in [2.45, 2.75) is 59.2 Å². The van der Waals surface area contributed by atoms with Crippen LogP contribution in [0.15, 0.2) is 0 Å². The first-order chi connectivity index (χ1) is 5.91. The van der Waals surface area contributed by atoms with Gasteiger partial charge < -0.3 is 5.73 Å². The van der Waals surface area contributed by atoms with Gasteiger partial charge in [-0.3, -0.25) is 4.90 Å². The van der Waals surface area contributed by atoms with Crippen LogP contribution in [-0.2, 0) is 0 Å². The maximum absolute atomic E-state index is 6.01. The first-order valence-corrected chi connectivity index (χ1v) is 5.39. The molecule has 0 saturated carbocycles. The van der Waals surface area contributed by atoms with Gasteiger partial charge in [-0.05, 0) is 33.2 Å². The second-order valence-corrected chi connectivity index (χ2v) is 4.46.